The van der Waals surface area contributed by atoms with E-state index in [0.717, 1.165) is 5.56 Å². The van der Waals surface area contributed by atoms with E-state index in [1.54, 1.807) is 37.3 Å². The fourth-order valence-corrected chi connectivity index (χ4v) is 3.84. The number of halogens is 1. The lowest BCUT2D eigenvalue weighted by molar-refractivity contribution is 0.0748. The van der Waals surface area contributed by atoms with E-state index in [4.69, 9.17) is 20.8 Å². The molecule has 0 radical (unpaired) electrons. The lowest BCUT2D eigenvalue weighted by atomic mass is 9.98. The molecule has 1 aliphatic heterocycles. The summed E-state index contributed by atoms with van der Waals surface area (Å²) in [5, 5.41) is 10.7. The number of methoxy groups -OCH3 is 1. The summed E-state index contributed by atoms with van der Waals surface area (Å²) in [7, 11) is 1.43. The van der Waals surface area contributed by atoms with Crippen LogP contribution in [0.15, 0.2) is 52.2 Å². The maximum absolute atomic E-state index is 13.4. The number of amides is 1. The summed E-state index contributed by atoms with van der Waals surface area (Å²) in [6, 6.07) is 7.22. The minimum Gasteiger partial charge on any atom is -0.504 e. The smallest absolute Gasteiger partial charge is 0.291 e. The normalized spacial score (nSPS) is 15.6. The number of carbonyl (C=O) groups excluding carboxylic acids is 1. The van der Waals surface area contributed by atoms with Crippen molar-refractivity contribution in [3.05, 3.63) is 80.7 Å². The van der Waals surface area contributed by atoms with Gasteiger partial charge in [-0.15, -0.1) is 6.58 Å². The van der Waals surface area contributed by atoms with Gasteiger partial charge in [0.25, 0.3) is 5.91 Å². The first kappa shape index (κ1) is 19.1. The summed E-state index contributed by atoms with van der Waals surface area (Å²) in [6.45, 7) is 5.73. The zero-order chi connectivity index (χ0) is 20.9. The monoisotopic (exact) mass is 411 g/mol. The number of fused-ring (bicyclic) bond motifs is 2. The number of rotatable bonds is 4. The molecular weight excluding hydrogens is 394 g/mol. The lowest BCUT2D eigenvalue weighted by Crippen LogP contribution is -2.29. The molecule has 1 atom stereocenters. The van der Waals surface area contributed by atoms with Crippen molar-refractivity contribution >= 4 is 28.5 Å². The van der Waals surface area contributed by atoms with E-state index in [1.165, 1.54) is 18.1 Å². The first-order valence-electron chi connectivity index (χ1n) is 8.93. The van der Waals surface area contributed by atoms with Gasteiger partial charge in [-0.1, -0.05) is 23.7 Å². The number of phenols is 1. The van der Waals surface area contributed by atoms with E-state index in [2.05, 4.69) is 6.58 Å². The molecule has 0 spiro atoms. The predicted octanol–water partition coefficient (Wildman–Crippen LogP) is 4.20. The molecule has 1 aliphatic rings. The third-order valence-electron chi connectivity index (χ3n) is 5.09. The highest BCUT2D eigenvalue weighted by Crippen LogP contribution is 2.40. The van der Waals surface area contributed by atoms with Crippen LogP contribution in [-0.4, -0.2) is 29.6 Å². The summed E-state index contributed by atoms with van der Waals surface area (Å²) in [5.41, 5.74) is 1.58. The predicted molar refractivity (Wildman–Crippen MR) is 110 cm³/mol. The van der Waals surface area contributed by atoms with E-state index in [9.17, 15) is 14.7 Å². The lowest BCUT2D eigenvalue weighted by Gasteiger charge is -2.24. The van der Waals surface area contributed by atoms with Gasteiger partial charge in [-0.2, -0.15) is 0 Å². The second-order valence-electron chi connectivity index (χ2n) is 6.85. The van der Waals surface area contributed by atoms with Gasteiger partial charge in [0, 0.05) is 11.6 Å². The Hall–Kier alpha value is -3.25. The molecule has 7 heteroatoms. The number of carbonyl (C=O) groups is 1. The van der Waals surface area contributed by atoms with Gasteiger partial charge >= 0.3 is 0 Å². The van der Waals surface area contributed by atoms with Crippen molar-refractivity contribution in [3.63, 3.8) is 0 Å². The quantitative estimate of drug-likeness (QED) is 0.651. The second kappa shape index (κ2) is 6.97. The van der Waals surface area contributed by atoms with E-state index in [0.29, 0.717) is 21.6 Å². The van der Waals surface area contributed by atoms with Crippen molar-refractivity contribution in [1.82, 2.24) is 4.90 Å². The first-order chi connectivity index (χ1) is 13.9. The molecule has 4 rings (SSSR count). The molecule has 2 heterocycles. The molecule has 0 aliphatic carbocycles. The van der Waals surface area contributed by atoms with Crippen LogP contribution in [0.3, 0.4) is 0 Å². The van der Waals surface area contributed by atoms with Gasteiger partial charge in [-0.05, 0) is 42.3 Å². The number of hydrogen-bond acceptors (Lipinski definition) is 5. The fraction of sp³-hybridized carbons (Fsp3) is 0.182. The van der Waals surface area contributed by atoms with Crippen molar-refractivity contribution in [2.75, 3.05) is 13.7 Å². The molecule has 1 aromatic heterocycles. The summed E-state index contributed by atoms with van der Waals surface area (Å²) < 4.78 is 11.1. The SMILES string of the molecule is C=CCN1C(=O)c2oc3cc(C)c(Cl)cc3c(=O)c2[C@H]1c1ccc(O)c(OC)c1. The summed E-state index contributed by atoms with van der Waals surface area (Å²) in [5.74, 6) is -0.193. The maximum atomic E-state index is 13.4. The second-order valence-corrected chi connectivity index (χ2v) is 7.26. The van der Waals surface area contributed by atoms with Gasteiger partial charge in [0.05, 0.1) is 24.1 Å². The van der Waals surface area contributed by atoms with Crippen LogP contribution in [-0.2, 0) is 0 Å². The summed E-state index contributed by atoms with van der Waals surface area (Å²) >= 11 is 6.21. The van der Waals surface area contributed by atoms with E-state index < -0.39 is 11.9 Å². The zero-order valence-corrected chi connectivity index (χ0v) is 16.6. The number of hydrogen-bond donors (Lipinski definition) is 1. The number of nitrogens with zero attached hydrogens (tertiary/aromatic N) is 1. The van der Waals surface area contributed by atoms with Gasteiger partial charge in [0.2, 0.25) is 5.76 Å². The van der Waals surface area contributed by atoms with Gasteiger partial charge in [0.1, 0.15) is 5.58 Å². The Kier molecular flexibility index (Phi) is 4.59. The Balaban J connectivity index is 2.03. The number of ether oxygens (including phenoxy) is 1. The Bertz CT molecular complexity index is 1230. The molecule has 3 aromatic rings. The molecule has 1 amide bonds. The van der Waals surface area contributed by atoms with Crippen LogP contribution < -0.4 is 10.2 Å². The van der Waals surface area contributed by atoms with Crippen LogP contribution in [0.25, 0.3) is 11.0 Å². The highest BCUT2D eigenvalue weighted by Gasteiger charge is 2.42. The van der Waals surface area contributed by atoms with Gasteiger partial charge < -0.3 is 19.2 Å². The Morgan fingerprint density at radius 2 is 2.07 bits per heavy atom. The number of phenolic OH excluding ortho intramolecular Hbond substituents is 1. The minimum atomic E-state index is -0.703. The summed E-state index contributed by atoms with van der Waals surface area (Å²) in [6.07, 6.45) is 1.58. The van der Waals surface area contributed by atoms with Crippen molar-refractivity contribution in [1.29, 1.82) is 0 Å². The van der Waals surface area contributed by atoms with Gasteiger partial charge in [-0.25, -0.2) is 0 Å². The van der Waals surface area contributed by atoms with Crippen LogP contribution in [0.2, 0.25) is 5.02 Å². The average Bonchev–Trinajstić information content (AvgIpc) is 2.97. The van der Waals surface area contributed by atoms with Crippen molar-refractivity contribution in [3.8, 4) is 11.5 Å². The number of aromatic hydroxyl groups is 1. The van der Waals surface area contributed by atoms with E-state index in [-0.39, 0.29) is 34.8 Å². The van der Waals surface area contributed by atoms with Crippen LogP contribution in [0.1, 0.15) is 33.3 Å². The van der Waals surface area contributed by atoms with Crippen LogP contribution in [0.5, 0.6) is 11.5 Å². The van der Waals surface area contributed by atoms with Crippen molar-refractivity contribution in [2.45, 2.75) is 13.0 Å². The molecule has 0 saturated carbocycles. The van der Waals surface area contributed by atoms with E-state index in [1.807, 2.05) is 0 Å². The Morgan fingerprint density at radius 3 is 2.76 bits per heavy atom. The number of benzene rings is 2. The standard InChI is InChI=1S/C22H18ClNO5/c1-4-7-24-19(12-5-6-15(25)17(9-12)28-3)18-20(26)13-10-14(23)11(2)8-16(13)29-21(18)22(24)27/h4-6,8-10,19,25H,1,7H2,2-3H3/t19-/m1/s1. The largest absolute Gasteiger partial charge is 0.504 e. The Morgan fingerprint density at radius 1 is 1.31 bits per heavy atom. The zero-order valence-electron chi connectivity index (χ0n) is 15.9. The molecule has 0 unspecified atom stereocenters. The third kappa shape index (κ3) is 2.87. The Labute approximate surface area is 171 Å². The topological polar surface area (TPSA) is 80.0 Å². The van der Waals surface area contributed by atoms with Crippen LogP contribution in [0, 0.1) is 6.92 Å². The van der Waals surface area contributed by atoms with Gasteiger partial charge in [0.15, 0.2) is 16.9 Å². The van der Waals surface area contributed by atoms with Crippen LogP contribution >= 0.6 is 11.6 Å². The van der Waals surface area contributed by atoms with Crippen LogP contribution in [0.4, 0.5) is 0 Å². The molecule has 148 valence electrons. The molecule has 1 N–H and O–H groups in total. The molecular formula is C22H18ClNO5. The molecule has 29 heavy (non-hydrogen) atoms. The maximum Gasteiger partial charge on any atom is 0.291 e. The third-order valence-corrected chi connectivity index (χ3v) is 5.50. The molecule has 0 fully saturated rings. The van der Waals surface area contributed by atoms with Crippen molar-refractivity contribution in [2.24, 2.45) is 0 Å². The molecule has 0 bridgehead atoms. The molecule has 0 saturated heterocycles. The minimum absolute atomic E-state index is 0.00288. The molecule has 6 nitrogen and oxygen atoms in total. The highest BCUT2D eigenvalue weighted by molar-refractivity contribution is 6.32. The number of aryl methyl sites for hydroxylation is 1. The average molecular weight is 412 g/mol. The fourth-order valence-electron chi connectivity index (χ4n) is 3.68. The van der Waals surface area contributed by atoms with Gasteiger partial charge in [-0.3, -0.25) is 9.59 Å². The summed E-state index contributed by atoms with van der Waals surface area (Å²) in [4.78, 5) is 28.0. The first-order valence-corrected chi connectivity index (χ1v) is 9.30. The van der Waals surface area contributed by atoms with Crippen molar-refractivity contribution < 1.29 is 19.1 Å². The molecule has 2 aromatic carbocycles. The van der Waals surface area contributed by atoms with E-state index >= 15 is 0 Å². The highest BCUT2D eigenvalue weighted by atomic mass is 35.5.